The lowest BCUT2D eigenvalue weighted by atomic mass is 10.1. The summed E-state index contributed by atoms with van der Waals surface area (Å²) in [6.07, 6.45) is 7.27. The number of hydrogen-bond acceptors (Lipinski definition) is 7. The van der Waals surface area contributed by atoms with Gasteiger partial charge >= 0.3 is 23.9 Å². The minimum Gasteiger partial charge on any atom is -0.478 e. The van der Waals surface area contributed by atoms with E-state index in [1.54, 1.807) is 39.8 Å². The fourth-order valence-corrected chi connectivity index (χ4v) is 3.15. The van der Waals surface area contributed by atoms with Gasteiger partial charge in [-0.1, -0.05) is 91.5 Å². The monoisotopic (exact) mass is 588 g/mol. The lowest BCUT2D eigenvalue weighted by Crippen LogP contribution is -2.15. The molecule has 43 heavy (non-hydrogen) atoms. The van der Waals surface area contributed by atoms with Gasteiger partial charge in [0.2, 0.25) is 0 Å². The van der Waals surface area contributed by atoms with Gasteiger partial charge in [0, 0.05) is 29.6 Å². The zero-order valence-electron chi connectivity index (χ0n) is 25.4. The number of carbonyl (C=O) groups excluding carboxylic acids is 3. The van der Waals surface area contributed by atoms with Crippen molar-refractivity contribution in [3.8, 4) is 0 Å². The first-order valence-corrected chi connectivity index (χ1v) is 13.7. The van der Waals surface area contributed by atoms with Crippen LogP contribution in [-0.2, 0) is 39.8 Å². The third-order valence-electron chi connectivity index (χ3n) is 5.67. The van der Waals surface area contributed by atoms with Crippen molar-refractivity contribution in [1.29, 1.82) is 0 Å². The number of aliphatic carboxylic acids is 1. The van der Waals surface area contributed by atoms with Gasteiger partial charge in [-0.05, 0) is 45.7 Å². The van der Waals surface area contributed by atoms with Gasteiger partial charge in [0.25, 0.3) is 0 Å². The van der Waals surface area contributed by atoms with Crippen molar-refractivity contribution in [2.75, 3.05) is 13.2 Å². The van der Waals surface area contributed by atoms with Crippen LogP contribution in [0.5, 0.6) is 0 Å². The van der Waals surface area contributed by atoms with Gasteiger partial charge in [-0.2, -0.15) is 0 Å². The first kappa shape index (κ1) is 36.0. The molecular formula is C35H40O8. The van der Waals surface area contributed by atoms with Crippen molar-refractivity contribution < 1.29 is 38.5 Å². The van der Waals surface area contributed by atoms with E-state index < -0.39 is 17.9 Å². The summed E-state index contributed by atoms with van der Waals surface area (Å²) >= 11 is 0. The molecule has 8 heteroatoms. The Hall–Kier alpha value is -4.98. The molecule has 1 N–H and O–H groups in total. The van der Waals surface area contributed by atoms with Crippen LogP contribution in [0.1, 0.15) is 52.2 Å². The fourth-order valence-electron chi connectivity index (χ4n) is 3.15. The molecule has 0 aliphatic heterocycles. The molecule has 0 fully saturated rings. The summed E-state index contributed by atoms with van der Waals surface area (Å²) in [5.74, 6) is -2.33. The van der Waals surface area contributed by atoms with Crippen molar-refractivity contribution in [3.63, 3.8) is 0 Å². The first-order chi connectivity index (χ1) is 20.5. The van der Waals surface area contributed by atoms with Crippen LogP contribution in [0.2, 0.25) is 0 Å². The maximum Gasteiger partial charge on any atom is 0.338 e. The number of esters is 3. The fraction of sp³-hybridized carbons (Fsp3) is 0.257. The Morgan fingerprint density at radius 1 is 0.814 bits per heavy atom. The second-order valence-corrected chi connectivity index (χ2v) is 9.34. The Kier molecular flexibility index (Phi) is 16.8. The highest BCUT2D eigenvalue weighted by Gasteiger charge is 2.18. The van der Waals surface area contributed by atoms with Crippen LogP contribution in [0.15, 0.2) is 114 Å². The number of benzene rings is 2. The molecular weight excluding hydrogens is 548 g/mol. The predicted octanol–water partition coefficient (Wildman–Crippen LogP) is 6.80. The van der Waals surface area contributed by atoms with Crippen molar-refractivity contribution in [2.24, 2.45) is 0 Å². The summed E-state index contributed by atoms with van der Waals surface area (Å²) in [4.78, 5) is 46.6. The summed E-state index contributed by atoms with van der Waals surface area (Å²) in [5, 5.41) is 8.89. The Bertz CT molecular complexity index is 1360. The average molecular weight is 589 g/mol. The quantitative estimate of drug-likeness (QED) is 0.0679. The molecule has 0 atom stereocenters. The third kappa shape index (κ3) is 15.0. The third-order valence-corrected chi connectivity index (χ3v) is 5.67. The van der Waals surface area contributed by atoms with Crippen LogP contribution in [0.4, 0.5) is 0 Å². The molecule has 0 unspecified atom stereocenters. The van der Waals surface area contributed by atoms with Crippen LogP contribution in [0.25, 0.3) is 6.08 Å². The number of carboxylic acids is 1. The van der Waals surface area contributed by atoms with Crippen LogP contribution >= 0.6 is 0 Å². The molecule has 0 amide bonds. The first-order valence-electron chi connectivity index (χ1n) is 13.7. The van der Waals surface area contributed by atoms with E-state index in [2.05, 4.69) is 11.3 Å². The average Bonchev–Trinajstić information content (AvgIpc) is 2.99. The molecule has 0 saturated carbocycles. The van der Waals surface area contributed by atoms with Gasteiger partial charge in [-0.3, -0.25) is 0 Å². The standard InChI is InChI=1S/C29H30O6.C6H10O2/c1-21(27(30)31)13-11-19-34-29(33)23(3)26(20-25-16-8-5-9-17-25)35-28(32)22(2)12-10-18-24-14-6-4-7-15-24;1-4-8-6(7)5(2)3/h4-10,12-18H,11,19-20H2,1-3H3,(H,30,31);2,4H2,1,3H3. The Balaban J connectivity index is 0.00000101. The van der Waals surface area contributed by atoms with Crippen LogP contribution in [0.3, 0.4) is 0 Å². The van der Waals surface area contributed by atoms with Gasteiger partial charge in [-0.25, -0.2) is 19.2 Å². The van der Waals surface area contributed by atoms with E-state index in [1.807, 2.05) is 66.7 Å². The highest BCUT2D eigenvalue weighted by atomic mass is 16.5. The highest BCUT2D eigenvalue weighted by molar-refractivity contribution is 5.92. The van der Waals surface area contributed by atoms with E-state index in [1.165, 1.54) is 13.0 Å². The van der Waals surface area contributed by atoms with Crippen molar-refractivity contribution >= 4 is 30.0 Å². The van der Waals surface area contributed by atoms with Gasteiger partial charge in [0.15, 0.2) is 0 Å². The maximum atomic E-state index is 12.7. The summed E-state index contributed by atoms with van der Waals surface area (Å²) in [6, 6.07) is 19.0. The lowest BCUT2D eigenvalue weighted by Gasteiger charge is -2.13. The van der Waals surface area contributed by atoms with E-state index in [9.17, 15) is 19.2 Å². The Morgan fingerprint density at radius 3 is 1.95 bits per heavy atom. The van der Waals surface area contributed by atoms with Gasteiger partial charge in [0.05, 0.1) is 18.8 Å². The molecule has 0 radical (unpaired) electrons. The predicted molar refractivity (Wildman–Crippen MR) is 167 cm³/mol. The van der Waals surface area contributed by atoms with E-state index in [0.29, 0.717) is 17.8 Å². The van der Waals surface area contributed by atoms with Crippen molar-refractivity contribution in [3.05, 3.63) is 125 Å². The molecule has 2 rings (SSSR count). The molecule has 0 bridgehead atoms. The van der Waals surface area contributed by atoms with E-state index >= 15 is 0 Å². The largest absolute Gasteiger partial charge is 0.478 e. The number of ether oxygens (including phenoxy) is 3. The lowest BCUT2D eigenvalue weighted by molar-refractivity contribution is -0.140. The van der Waals surface area contributed by atoms with E-state index in [4.69, 9.17) is 14.6 Å². The number of rotatable bonds is 13. The highest BCUT2D eigenvalue weighted by Crippen LogP contribution is 2.17. The number of carboxylic acid groups (broad SMARTS) is 1. The minimum absolute atomic E-state index is 0.0105. The zero-order valence-corrected chi connectivity index (χ0v) is 25.4. The van der Waals surface area contributed by atoms with E-state index in [-0.39, 0.29) is 42.3 Å². The minimum atomic E-state index is -1.02. The molecule has 0 aliphatic carbocycles. The van der Waals surface area contributed by atoms with Crippen molar-refractivity contribution in [1.82, 2.24) is 0 Å². The molecule has 0 heterocycles. The second-order valence-electron chi connectivity index (χ2n) is 9.34. The summed E-state index contributed by atoms with van der Waals surface area (Å²) in [5.41, 5.74) is 3.05. The smallest absolute Gasteiger partial charge is 0.338 e. The number of carbonyl (C=O) groups is 4. The Labute approximate surface area is 253 Å². The summed E-state index contributed by atoms with van der Waals surface area (Å²) in [6.45, 7) is 11.9. The maximum absolute atomic E-state index is 12.7. The number of hydrogen-bond donors (Lipinski definition) is 1. The van der Waals surface area contributed by atoms with Crippen molar-refractivity contribution in [2.45, 2.75) is 47.5 Å². The van der Waals surface area contributed by atoms with Gasteiger partial charge in [-0.15, -0.1) is 0 Å². The molecule has 228 valence electrons. The molecule has 8 nitrogen and oxygen atoms in total. The van der Waals surface area contributed by atoms with E-state index in [0.717, 1.165) is 11.1 Å². The summed E-state index contributed by atoms with van der Waals surface area (Å²) in [7, 11) is 0. The normalized spacial score (nSPS) is 11.9. The van der Waals surface area contributed by atoms with Crippen LogP contribution in [0, 0.1) is 0 Å². The molecule has 0 aliphatic rings. The molecule has 0 spiro atoms. The molecule has 0 aromatic heterocycles. The Morgan fingerprint density at radius 2 is 1.42 bits per heavy atom. The topological polar surface area (TPSA) is 116 Å². The van der Waals surface area contributed by atoms with Gasteiger partial charge < -0.3 is 19.3 Å². The second kappa shape index (κ2) is 20.0. The summed E-state index contributed by atoms with van der Waals surface area (Å²) < 4.78 is 15.4. The molecule has 2 aromatic carbocycles. The van der Waals surface area contributed by atoms with Crippen LogP contribution in [-0.4, -0.2) is 42.2 Å². The SMILES string of the molecule is C=C(C)C(=O)OCC.CC(=CCCOC(=O)C(C)=C(Cc1ccccc1)OC(=O)C(C)=CC=Cc1ccccc1)C(=O)O. The van der Waals surface area contributed by atoms with Crippen LogP contribution < -0.4 is 0 Å². The molecule has 2 aromatic rings. The zero-order chi connectivity index (χ0) is 32.2. The number of allylic oxidation sites excluding steroid dienone is 3. The van der Waals surface area contributed by atoms with Gasteiger partial charge in [0.1, 0.15) is 5.76 Å². The molecule has 0 saturated heterocycles.